The van der Waals surface area contributed by atoms with E-state index < -0.39 is 90.8 Å². The number of nitrogens with one attached hydrogen (secondary N) is 8. The van der Waals surface area contributed by atoms with E-state index in [1.165, 1.54) is 6.92 Å². The van der Waals surface area contributed by atoms with Crippen molar-refractivity contribution in [3.05, 3.63) is 35.9 Å². The zero-order chi connectivity index (χ0) is 35.5. The zero-order valence-corrected chi connectivity index (χ0v) is 26.6. The van der Waals surface area contributed by atoms with E-state index in [9.17, 15) is 43.2 Å². The van der Waals surface area contributed by atoms with Crippen molar-refractivity contribution < 1.29 is 43.2 Å². The van der Waals surface area contributed by atoms with E-state index >= 15 is 0 Å². The Hall–Kier alpha value is -5.55. The molecular formula is C30H43N9O9. The summed E-state index contributed by atoms with van der Waals surface area (Å²) in [6.07, 6.45) is -0.169. The first-order valence-electron chi connectivity index (χ1n) is 15.4. The topological polar surface area (TPSA) is 276 Å². The Bertz CT molecular complexity index is 1340. The van der Waals surface area contributed by atoms with Gasteiger partial charge in [0.15, 0.2) is 0 Å². The van der Waals surface area contributed by atoms with Gasteiger partial charge in [-0.15, -0.1) is 0 Å². The molecule has 3 atom stereocenters. The van der Waals surface area contributed by atoms with Gasteiger partial charge in [0.2, 0.25) is 53.2 Å². The van der Waals surface area contributed by atoms with E-state index in [0.29, 0.717) is 18.4 Å². The Kier molecular flexibility index (Phi) is 16.5. The second kappa shape index (κ2) is 20.5. The van der Waals surface area contributed by atoms with Gasteiger partial charge in [0.05, 0.1) is 26.1 Å². The van der Waals surface area contributed by atoms with Gasteiger partial charge in [-0.3, -0.25) is 43.2 Å². The van der Waals surface area contributed by atoms with Crippen LogP contribution >= 0.6 is 0 Å². The van der Waals surface area contributed by atoms with Crippen LogP contribution in [0.15, 0.2) is 30.3 Å². The molecule has 1 aromatic carbocycles. The summed E-state index contributed by atoms with van der Waals surface area (Å²) in [5, 5.41) is 19.6. The number of amides is 9. The second-order valence-corrected chi connectivity index (χ2v) is 11.0. The fraction of sp³-hybridized carbons (Fsp3) is 0.500. The molecule has 1 saturated heterocycles. The van der Waals surface area contributed by atoms with E-state index in [2.05, 4.69) is 42.5 Å². The number of carbonyl (C=O) groups excluding carboxylic acids is 9. The van der Waals surface area contributed by atoms with Gasteiger partial charge in [-0.2, -0.15) is 0 Å². The lowest BCUT2D eigenvalue weighted by atomic mass is 10.0. The monoisotopic (exact) mass is 673 g/mol. The molecule has 2 rings (SSSR count). The van der Waals surface area contributed by atoms with Gasteiger partial charge in [-0.1, -0.05) is 30.3 Å². The van der Waals surface area contributed by atoms with Crippen LogP contribution in [0.3, 0.4) is 0 Å². The van der Waals surface area contributed by atoms with Crippen LogP contribution in [0.25, 0.3) is 0 Å². The molecule has 0 aromatic heterocycles. The number of benzene rings is 1. The number of hydrogen-bond donors (Lipinski definition) is 9. The summed E-state index contributed by atoms with van der Waals surface area (Å²) in [6, 6.07) is 4.29. The average Bonchev–Trinajstić information content (AvgIpc) is 3.04. The Morgan fingerprint density at radius 1 is 0.771 bits per heavy atom. The number of rotatable bonds is 7. The van der Waals surface area contributed by atoms with Crippen LogP contribution in [0, 0.1) is 0 Å². The summed E-state index contributed by atoms with van der Waals surface area (Å²) in [5.74, 6) is -6.49. The molecule has 1 aliphatic heterocycles. The third-order valence-electron chi connectivity index (χ3n) is 6.88. The van der Waals surface area contributed by atoms with Crippen molar-refractivity contribution in [1.82, 2.24) is 42.5 Å². The Labute approximate surface area is 276 Å². The predicted octanol–water partition coefficient (Wildman–Crippen LogP) is -4.27. The minimum Gasteiger partial charge on any atom is -0.370 e. The van der Waals surface area contributed by atoms with Crippen LogP contribution < -0.4 is 48.3 Å². The van der Waals surface area contributed by atoms with Crippen LogP contribution in [0.2, 0.25) is 0 Å². The van der Waals surface area contributed by atoms with Gasteiger partial charge in [-0.05, 0) is 24.8 Å². The minimum atomic E-state index is -1.60. The first kappa shape index (κ1) is 38.6. The minimum absolute atomic E-state index is 0.0450. The highest BCUT2D eigenvalue weighted by molar-refractivity contribution is 5.97. The van der Waals surface area contributed by atoms with Crippen LogP contribution in [0.1, 0.15) is 44.6 Å². The molecule has 1 fully saturated rings. The van der Waals surface area contributed by atoms with Crippen LogP contribution in [-0.4, -0.2) is 104 Å². The lowest BCUT2D eigenvalue weighted by molar-refractivity contribution is -0.135. The van der Waals surface area contributed by atoms with Crippen LogP contribution in [0.4, 0.5) is 0 Å². The first-order valence-corrected chi connectivity index (χ1v) is 15.4. The highest BCUT2D eigenvalue weighted by Crippen LogP contribution is 2.06. The summed E-state index contributed by atoms with van der Waals surface area (Å²) >= 11 is 0. The summed E-state index contributed by atoms with van der Waals surface area (Å²) in [6.45, 7) is 0.387. The van der Waals surface area contributed by atoms with Crippen molar-refractivity contribution in [2.75, 3.05) is 32.7 Å². The fourth-order valence-corrected chi connectivity index (χ4v) is 4.40. The zero-order valence-electron chi connectivity index (χ0n) is 26.6. The predicted molar refractivity (Wildman–Crippen MR) is 169 cm³/mol. The molecular weight excluding hydrogens is 630 g/mol. The van der Waals surface area contributed by atoms with Gasteiger partial charge >= 0.3 is 0 Å². The van der Waals surface area contributed by atoms with Gasteiger partial charge in [0, 0.05) is 32.9 Å². The van der Waals surface area contributed by atoms with Crippen molar-refractivity contribution in [3.8, 4) is 0 Å². The fourth-order valence-electron chi connectivity index (χ4n) is 4.40. The normalized spacial score (nSPS) is 21.1. The molecule has 0 aliphatic carbocycles. The molecule has 1 aromatic rings. The largest absolute Gasteiger partial charge is 0.370 e. The third-order valence-corrected chi connectivity index (χ3v) is 6.88. The molecule has 262 valence electrons. The molecule has 18 heteroatoms. The molecule has 0 bridgehead atoms. The molecule has 0 saturated carbocycles. The van der Waals surface area contributed by atoms with Crippen molar-refractivity contribution >= 4 is 53.2 Å². The standard InChI is InChI=1S/C30H43N9O9/c1-18(40)34-17-27(45)37-20-9-10-24(42)32-11-5-6-12-33-25(43)15-35-26(44)16-36-28(46)21(13-19-7-3-2-4-8-19)38-30(48)22(14-23(31)41)39-29(20)47/h2-4,7-8,20-22H,5-6,9-17H2,1H3,(H2,31,41)(H,32,42)(H,33,43)(H,34,40)(H,35,44)(H,36,46)(H,37,45)(H,38,48)(H,39,47)/t20-,21+,22-/m0/s1. The summed E-state index contributed by atoms with van der Waals surface area (Å²) in [4.78, 5) is 113. The molecule has 10 N–H and O–H groups in total. The van der Waals surface area contributed by atoms with Gasteiger partial charge in [0.25, 0.3) is 0 Å². The lowest BCUT2D eigenvalue weighted by Gasteiger charge is -2.25. The highest BCUT2D eigenvalue weighted by atomic mass is 16.2. The van der Waals surface area contributed by atoms with Crippen molar-refractivity contribution in [2.24, 2.45) is 5.73 Å². The molecule has 9 amide bonds. The highest BCUT2D eigenvalue weighted by Gasteiger charge is 2.31. The van der Waals surface area contributed by atoms with E-state index in [0.717, 1.165) is 0 Å². The Morgan fingerprint density at radius 2 is 1.38 bits per heavy atom. The van der Waals surface area contributed by atoms with E-state index in [4.69, 9.17) is 5.73 Å². The smallest absolute Gasteiger partial charge is 0.243 e. The summed E-state index contributed by atoms with van der Waals surface area (Å²) < 4.78 is 0. The van der Waals surface area contributed by atoms with Gasteiger partial charge in [-0.25, -0.2) is 0 Å². The number of nitrogens with two attached hydrogens (primary N) is 1. The molecule has 0 unspecified atom stereocenters. The van der Waals surface area contributed by atoms with Crippen molar-refractivity contribution in [1.29, 1.82) is 0 Å². The maximum atomic E-state index is 13.4. The first-order chi connectivity index (χ1) is 22.8. The van der Waals surface area contributed by atoms with E-state index in [1.807, 2.05) is 0 Å². The summed E-state index contributed by atoms with van der Waals surface area (Å²) in [5.41, 5.74) is 5.98. The van der Waals surface area contributed by atoms with Crippen molar-refractivity contribution in [3.63, 3.8) is 0 Å². The third kappa shape index (κ3) is 15.6. The molecule has 48 heavy (non-hydrogen) atoms. The van der Waals surface area contributed by atoms with Gasteiger partial charge in [0.1, 0.15) is 18.1 Å². The van der Waals surface area contributed by atoms with Crippen LogP contribution in [-0.2, 0) is 49.6 Å². The Balaban J connectivity index is 2.34. The number of primary amides is 1. The number of carbonyl (C=O) groups is 9. The van der Waals surface area contributed by atoms with Crippen LogP contribution in [0.5, 0.6) is 0 Å². The quantitative estimate of drug-likeness (QED) is 0.135. The molecule has 1 aliphatic rings. The summed E-state index contributed by atoms with van der Waals surface area (Å²) in [7, 11) is 0. The maximum Gasteiger partial charge on any atom is 0.243 e. The maximum absolute atomic E-state index is 13.4. The van der Waals surface area contributed by atoms with E-state index in [-0.39, 0.29) is 38.9 Å². The Morgan fingerprint density at radius 3 is 2.02 bits per heavy atom. The molecule has 0 radical (unpaired) electrons. The average molecular weight is 674 g/mol. The molecule has 0 spiro atoms. The second-order valence-electron chi connectivity index (χ2n) is 11.0. The lowest BCUT2D eigenvalue weighted by Crippen LogP contribution is -2.58. The SMILES string of the molecule is CC(=O)NCC(=O)N[C@H]1CCC(=O)NCCCCNC(=O)CNC(=O)CNC(=O)[C@@H](Cc2ccccc2)NC(=O)[C@H](CC(N)=O)NC1=O. The molecule has 18 nitrogen and oxygen atoms in total. The van der Waals surface area contributed by atoms with E-state index in [1.54, 1.807) is 30.3 Å². The number of hydrogen-bond acceptors (Lipinski definition) is 9. The molecule has 1 heterocycles. The van der Waals surface area contributed by atoms with Gasteiger partial charge < -0.3 is 48.3 Å². The van der Waals surface area contributed by atoms with Crippen molar-refractivity contribution in [2.45, 2.75) is 63.6 Å².